The summed E-state index contributed by atoms with van der Waals surface area (Å²) in [4.78, 5) is 4.25. The third-order valence-corrected chi connectivity index (χ3v) is 2.95. The van der Waals surface area contributed by atoms with Crippen LogP contribution in [0.25, 0.3) is 0 Å². The fourth-order valence-electron chi connectivity index (χ4n) is 2.12. The Morgan fingerprint density at radius 3 is 2.12 bits per heavy atom. The Morgan fingerprint density at radius 2 is 1.75 bits per heavy atom. The van der Waals surface area contributed by atoms with Gasteiger partial charge in [0.15, 0.2) is 0 Å². The number of aromatic nitrogens is 1. The largest absolute Gasteiger partial charge is 0.264 e. The zero-order chi connectivity index (χ0) is 12.4. The molecule has 1 unspecified atom stereocenters. The second-order valence-electron chi connectivity index (χ2n) is 6.97. The van der Waals surface area contributed by atoms with Crippen molar-refractivity contribution in [1.82, 2.24) is 4.98 Å². The Balaban J connectivity index is 2.98. The summed E-state index contributed by atoms with van der Waals surface area (Å²) in [7, 11) is 0. The van der Waals surface area contributed by atoms with Crippen LogP contribution in [0.15, 0.2) is 24.5 Å². The molecular weight excluding hydrogens is 194 g/mol. The molecule has 0 aliphatic carbocycles. The van der Waals surface area contributed by atoms with Crippen molar-refractivity contribution in [2.75, 3.05) is 0 Å². The summed E-state index contributed by atoms with van der Waals surface area (Å²) in [6, 6.07) is 4.24. The van der Waals surface area contributed by atoms with E-state index < -0.39 is 0 Å². The Morgan fingerprint density at radius 1 is 1.12 bits per heavy atom. The molecule has 0 bridgehead atoms. The number of rotatable bonds is 2. The molecule has 1 aromatic rings. The summed E-state index contributed by atoms with van der Waals surface area (Å²) < 4.78 is 0. The smallest absolute Gasteiger partial charge is 0.0302 e. The van der Waals surface area contributed by atoms with Gasteiger partial charge in [-0.05, 0) is 34.8 Å². The molecule has 0 amide bonds. The van der Waals surface area contributed by atoms with Gasteiger partial charge in [-0.25, -0.2) is 0 Å². The van der Waals surface area contributed by atoms with Crippen molar-refractivity contribution in [2.24, 2.45) is 10.8 Å². The van der Waals surface area contributed by atoms with Crippen LogP contribution in [0, 0.1) is 10.8 Å². The molecule has 0 aliphatic rings. The van der Waals surface area contributed by atoms with E-state index in [0.717, 1.165) is 0 Å². The fraction of sp³-hybridized carbons (Fsp3) is 0.667. The van der Waals surface area contributed by atoms with Gasteiger partial charge in [0.2, 0.25) is 0 Å². The Hall–Kier alpha value is -0.850. The molecule has 1 atom stereocenters. The van der Waals surface area contributed by atoms with Crippen LogP contribution in [0.1, 0.15) is 59.4 Å². The van der Waals surface area contributed by atoms with Crippen molar-refractivity contribution in [3.05, 3.63) is 30.1 Å². The lowest BCUT2D eigenvalue weighted by Crippen LogP contribution is -2.23. The number of hydrogen-bond donors (Lipinski definition) is 0. The van der Waals surface area contributed by atoms with Crippen LogP contribution in [0.5, 0.6) is 0 Å². The molecule has 1 aromatic heterocycles. The van der Waals surface area contributed by atoms with Crippen molar-refractivity contribution < 1.29 is 0 Å². The Bertz CT molecular complexity index is 314. The molecule has 0 saturated carbocycles. The average Bonchev–Trinajstić information content (AvgIpc) is 2.13. The van der Waals surface area contributed by atoms with E-state index in [2.05, 4.69) is 52.6 Å². The third-order valence-electron chi connectivity index (χ3n) is 2.95. The number of nitrogens with zero attached hydrogens (tertiary/aromatic N) is 1. The first-order chi connectivity index (χ1) is 7.20. The van der Waals surface area contributed by atoms with Gasteiger partial charge in [0.1, 0.15) is 0 Å². The summed E-state index contributed by atoms with van der Waals surface area (Å²) in [5.41, 5.74) is 2.01. The molecule has 0 N–H and O–H groups in total. The second-order valence-corrected chi connectivity index (χ2v) is 6.97. The summed E-state index contributed by atoms with van der Waals surface area (Å²) in [6.45, 7) is 13.9. The molecule has 1 heteroatoms. The SMILES string of the molecule is CC(C)(C)CC(c1cccnc1)C(C)(C)C. The highest BCUT2D eigenvalue weighted by molar-refractivity contribution is 5.17. The highest BCUT2D eigenvalue weighted by Gasteiger charge is 2.30. The van der Waals surface area contributed by atoms with Crippen LogP contribution < -0.4 is 0 Å². The molecule has 1 nitrogen and oxygen atoms in total. The third kappa shape index (κ3) is 3.96. The predicted molar refractivity (Wildman–Crippen MR) is 70.5 cm³/mol. The van der Waals surface area contributed by atoms with Crippen LogP contribution in [0.2, 0.25) is 0 Å². The van der Waals surface area contributed by atoms with Gasteiger partial charge in [-0.15, -0.1) is 0 Å². The fourth-order valence-corrected chi connectivity index (χ4v) is 2.12. The van der Waals surface area contributed by atoms with Gasteiger partial charge in [-0.2, -0.15) is 0 Å². The lowest BCUT2D eigenvalue weighted by molar-refractivity contribution is 0.229. The first-order valence-electron chi connectivity index (χ1n) is 6.10. The minimum atomic E-state index is 0.288. The topological polar surface area (TPSA) is 12.9 Å². The van der Waals surface area contributed by atoms with Gasteiger partial charge < -0.3 is 0 Å². The van der Waals surface area contributed by atoms with E-state index in [0.29, 0.717) is 11.3 Å². The summed E-state index contributed by atoms with van der Waals surface area (Å²) in [5.74, 6) is 0.571. The first-order valence-corrected chi connectivity index (χ1v) is 6.10. The molecule has 1 rings (SSSR count). The van der Waals surface area contributed by atoms with E-state index in [1.807, 2.05) is 18.5 Å². The molecule has 0 aliphatic heterocycles. The van der Waals surface area contributed by atoms with E-state index in [-0.39, 0.29) is 5.41 Å². The second kappa shape index (κ2) is 4.57. The normalized spacial score (nSPS) is 14.9. The van der Waals surface area contributed by atoms with Crippen LogP contribution in [0.4, 0.5) is 0 Å². The highest BCUT2D eigenvalue weighted by Crippen LogP contribution is 2.42. The Labute approximate surface area is 100 Å². The molecule has 1 heterocycles. The Kier molecular flexibility index (Phi) is 3.77. The van der Waals surface area contributed by atoms with Crippen molar-refractivity contribution in [3.63, 3.8) is 0 Å². The number of pyridine rings is 1. The quantitative estimate of drug-likeness (QED) is 0.705. The van der Waals surface area contributed by atoms with Gasteiger partial charge >= 0.3 is 0 Å². The van der Waals surface area contributed by atoms with Gasteiger partial charge in [-0.1, -0.05) is 47.6 Å². The molecule has 90 valence electrons. The first kappa shape index (κ1) is 13.2. The lowest BCUT2D eigenvalue weighted by atomic mass is 9.69. The summed E-state index contributed by atoms with van der Waals surface area (Å²) in [5, 5.41) is 0. The molecule has 16 heavy (non-hydrogen) atoms. The summed E-state index contributed by atoms with van der Waals surface area (Å²) >= 11 is 0. The average molecular weight is 219 g/mol. The molecule has 0 aromatic carbocycles. The van der Waals surface area contributed by atoms with Crippen LogP contribution in [-0.2, 0) is 0 Å². The predicted octanol–water partition coefficient (Wildman–Crippen LogP) is 4.65. The van der Waals surface area contributed by atoms with Gasteiger partial charge in [0.05, 0.1) is 0 Å². The lowest BCUT2D eigenvalue weighted by Gasteiger charge is -2.35. The summed E-state index contributed by atoms with van der Waals surface area (Å²) in [6.07, 6.45) is 5.06. The maximum absolute atomic E-state index is 4.25. The molecule has 0 radical (unpaired) electrons. The van der Waals surface area contributed by atoms with E-state index in [9.17, 15) is 0 Å². The van der Waals surface area contributed by atoms with Crippen LogP contribution in [-0.4, -0.2) is 4.98 Å². The minimum Gasteiger partial charge on any atom is -0.264 e. The molecule has 0 spiro atoms. The van der Waals surface area contributed by atoms with Gasteiger partial charge in [0, 0.05) is 12.4 Å². The van der Waals surface area contributed by atoms with E-state index in [1.165, 1.54) is 12.0 Å². The zero-order valence-corrected chi connectivity index (χ0v) is 11.5. The maximum atomic E-state index is 4.25. The van der Waals surface area contributed by atoms with Crippen LogP contribution >= 0.6 is 0 Å². The van der Waals surface area contributed by atoms with E-state index in [4.69, 9.17) is 0 Å². The molecule has 0 fully saturated rings. The molecule has 0 saturated heterocycles. The zero-order valence-electron chi connectivity index (χ0n) is 11.5. The highest BCUT2D eigenvalue weighted by atomic mass is 14.6. The van der Waals surface area contributed by atoms with Gasteiger partial charge in [0.25, 0.3) is 0 Å². The minimum absolute atomic E-state index is 0.288. The van der Waals surface area contributed by atoms with E-state index >= 15 is 0 Å². The van der Waals surface area contributed by atoms with E-state index in [1.54, 1.807) is 0 Å². The van der Waals surface area contributed by atoms with Gasteiger partial charge in [-0.3, -0.25) is 4.98 Å². The molecular formula is C15H25N. The van der Waals surface area contributed by atoms with Crippen molar-refractivity contribution in [2.45, 2.75) is 53.9 Å². The number of hydrogen-bond acceptors (Lipinski definition) is 1. The van der Waals surface area contributed by atoms with Crippen molar-refractivity contribution in [1.29, 1.82) is 0 Å². The van der Waals surface area contributed by atoms with Crippen LogP contribution in [0.3, 0.4) is 0 Å². The standard InChI is InChI=1S/C15H25N/c1-14(2,3)10-13(15(4,5)6)12-8-7-9-16-11-12/h7-9,11,13H,10H2,1-6H3. The van der Waals surface area contributed by atoms with Crippen molar-refractivity contribution >= 4 is 0 Å². The van der Waals surface area contributed by atoms with Crippen molar-refractivity contribution in [3.8, 4) is 0 Å². The monoisotopic (exact) mass is 219 g/mol. The maximum Gasteiger partial charge on any atom is 0.0302 e.